The number of benzene rings is 2. The van der Waals surface area contributed by atoms with E-state index in [0.29, 0.717) is 9.87 Å². The van der Waals surface area contributed by atoms with E-state index in [1.807, 2.05) is 0 Å². The zero-order valence-electron chi connectivity index (χ0n) is 16.5. The topological polar surface area (TPSA) is 133 Å². The Balaban J connectivity index is 2.72. The molecule has 0 unspecified atom stereocenters. The summed E-state index contributed by atoms with van der Waals surface area (Å²) >= 11 is 0. The molecule has 0 heterocycles. The molecule has 10 nitrogen and oxygen atoms in total. The molecule has 160 valence electrons. The van der Waals surface area contributed by atoms with Gasteiger partial charge in [0.15, 0.2) is 4.90 Å². The largest absolute Gasteiger partial charge is 0.465 e. The number of hydrogen-bond acceptors (Lipinski definition) is 8. The van der Waals surface area contributed by atoms with E-state index in [2.05, 4.69) is 4.74 Å². The van der Waals surface area contributed by atoms with Gasteiger partial charge in [0.05, 0.1) is 29.9 Å². The first kappa shape index (κ1) is 22.8. The normalized spacial score (nSPS) is 10.9. The quantitative estimate of drug-likeness (QED) is 0.350. The molecule has 0 aliphatic carbocycles. The lowest BCUT2D eigenvalue weighted by atomic mass is 10.1. The maximum Gasteiger partial charge on any atom is 0.337 e. The Hall–Kier alpha value is -3.47. The maximum absolute atomic E-state index is 13.4. The summed E-state index contributed by atoms with van der Waals surface area (Å²) in [5.41, 5.74) is -0.198. The summed E-state index contributed by atoms with van der Waals surface area (Å²) in [5.74, 6) is -1.57. The third-order valence-corrected chi connectivity index (χ3v) is 5.91. The number of carbonyl (C=O) groups is 2. The molecule has 0 spiro atoms. The van der Waals surface area contributed by atoms with Gasteiger partial charge in [0.25, 0.3) is 15.7 Å². The van der Waals surface area contributed by atoms with Crippen LogP contribution in [0.5, 0.6) is 0 Å². The number of para-hydroxylation sites is 1. The Labute approximate surface area is 173 Å². The lowest BCUT2D eigenvalue weighted by Crippen LogP contribution is -2.37. The van der Waals surface area contributed by atoms with E-state index < -0.39 is 44.0 Å². The average Bonchev–Trinajstić information content (AvgIpc) is 2.72. The number of anilines is 1. The number of carbonyl (C=O) groups excluding carboxylic acids is 2. The van der Waals surface area contributed by atoms with Crippen molar-refractivity contribution >= 4 is 33.3 Å². The summed E-state index contributed by atoms with van der Waals surface area (Å²) in [5, 5.41) is 11.4. The second-order valence-corrected chi connectivity index (χ2v) is 7.87. The maximum atomic E-state index is 13.4. The van der Waals surface area contributed by atoms with Gasteiger partial charge in [0.2, 0.25) is 0 Å². The minimum atomic E-state index is -4.58. The summed E-state index contributed by atoms with van der Waals surface area (Å²) in [4.78, 5) is 34.0. The smallest absolute Gasteiger partial charge is 0.337 e. The number of hydrogen-bond donors (Lipinski definition) is 0. The standard InChI is InChI=1S/C19H20N2O8S/c1-4-29-18(22)12-20(16-11-14(19(23)28-3)10-9-13(16)2)30(26,27)17-8-6-5-7-15(17)21(24)25/h5-11H,4,12H2,1-3H3. The lowest BCUT2D eigenvalue weighted by molar-refractivity contribution is -0.387. The Morgan fingerprint density at radius 3 is 2.43 bits per heavy atom. The van der Waals surface area contributed by atoms with Crippen molar-refractivity contribution < 1.29 is 32.4 Å². The number of rotatable bonds is 8. The molecule has 0 fully saturated rings. The second-order valence-electron chi connectivity index (χ2n) is 6.03. The third kappa shape index (κ3) is 4.74. The average molecular weight is 436 g/mol. The van der Waals surface area contributed by atoms with Gasteiger partial charge in [-0.1, -0.05) is 18.2 Å². The van der Waals surface area contributed by atoms with Crippen LogP contribution in [0.1, 0.15) is 22.8 Å². The van der Waals surface area contributed by atoms with E-state index in [1.54, 1.807) is 13.8 Å². The summed E-state index contributed by atoms with van der Waals surface area (Å²) < 4.78 is 37.0. The first-order valence-corrected chi connectivity index (χ1v) is 10.2. The molecular weight excluding hydrogens is 416 g/mol. The number of nitrogens with zero attached hydrogens (tertiary/aromatic N) is 2. The monoisotopic (exact) mass is 436 g/mol. The highest BCUT2D eigenvalue weighted by molar-refractivity contribution is 7.93. The molecule has 0 bridgehead atoms. The summed E-state index contributed by atoms with van der Waals surface area (Å²) in [6, 6.07) is 8.95. The first-order valence-electron chi connectivity index (χ1n) is 8.74. The Morgan fingerprint density at radius 1 is 1.17 bits per heavy atom. The number of ether oxygens (including phenoxy) is 2. The minimum Gasteiger partial charge on any atom is -0.465 e. The molecule has 0 atom stereocenters. The van der Waals surface area contributed by atoms with Gasteiger partial charge in [-0.2, -0.15) is 0 Å². The lowest BCUT2D eigenvalue weighted by Gasteiger charge is -2.25. The van der Waals surface area contributed by atoms with Gasteiger partial charge in [0, 0.05) is 6.07 Å². The number of methoxy groups -OCH3 is 1. The molecule has 2 aromatic carbocycles. The van der Waals surface area contributed by atoms with E-state index in [1.165, 1.54) is 37.4 Å². The Kier molecular flexibility index (Phi) is 7.11. The molecule has 30 heavy (non-hydrogen) atoms. The van der Waals surface area contributed by atoms with Crippen LogP contribution in [-0.2, 0) is 24.3 Å². The van der Waals surface area contributed by atoms with Gasteiger partial charge in [-0.3, -0.25) is 19.2 Å². The number of nitro benzene ring substituents is 1. The zero-order valence-corrected chi connectivity index (χ0v) is 17.3. The molecule has 0 aliphatic heterocycles. The number of sulfonamides is 1. The Bertz CT molecular complexity index is 1080. The van der Waals surface area contributed by atoms with Crippen LogP contribution in [0, 0.1) is 17.0 Å². The van der Waals surface area contributed by atoms with Crippen molar-refractivity contribution in [2.75, 3.05) is 24.6 Å². The van der Waals surface area contributed by atoms with Crippen molar-refractivity contribution in [2.45, 2.75) is 18.7 Å². The molecule has 0 saturated heterocycles. The van der Waals surface area contributed by atoms with Gasteiger partial charge in [-0.05, 0) is 37.6 Å². The van der Waals surface area contributed by atoms with Gasteiger partial charge in [-0.25, -0.2) is 13.2 Å². The summed E-state index contributed by atoms with van der Waals surface area (Å²) in [6.45, 7) is 2.40. The van der Waals surface area contributed by atoms with Crippen molar-refractivity contribution in [2.24, 2.45) is 0 Å². The highest BCUT2D eigenvalue weighted by Gasteiger charge is 2.34. The van der Waals surface area contributed by atoms with Gasteiger partial charge < -0.3 is 9.47 Å². The van der Waals surface area contributed by atoms with Crippen LogP contribution in [0.2, 0.25) is 0 Å². The number of nitro groups is 1. The molecule has 11 heteroatoms. The van der Waals surface area contributed by atoms with Crippen molar-refractivity contribution in [1.82, 2.24) is 0 Å². The fourth-order valence-corrected chi connectivity index (χ4v) is 4.32. The molecular formula is C19H20N2O8S. The van der Waals surface area contributed by atoms with E-state index in [-0.39, 0.29) is 17.9 Å². The molecule has 0 N–H and O–H groups in total. The molecule has 0 amide bonds. The molecule has 0 radical (unpaired) electrons. The fraction of sp³-hybridized carbons (Fsp3) is 0.263. The molecule has 2 aromatic rings. The van der Waals surface area contributed by atoms with Crippen molar-refractivity contribution in [3.05, 3.63) is 63.7 Å². The molecule has 0 aromatic heterocycles. The predicted molar refractivity (Wildman–Crippen MR) is 107 cm³/mol. The first-order chi connectivity index (χ1) is 14.1. The number of esters is 2. The highest BCUT2D eigenvalue weighted by Crippen LogP contribution is 2.32. The van der Waals surface area contributed by atoms with Crippen LogP contribution < -0.4 is 4.31 Å². The third-order valence-electron chi connectivity index (χ3n) is 4.11. The predicted octanol–water partition coefficient (Wildman–Crippen LogP) is 2.45. The summed E-state index contributed by atoms with van der Waals surface area (Å²) in [6.07, 6.45) is 0. The van der Waals surface area contributed by atoms with Gasteiger partial charge in [0.1, 0.15) is 6.54 Å². The zero-order chi connectivity index (χ0) is 22.5. The molecule has 0 saturated carbocycles. The van der Waals surface area contributed by atoms with Crippen molar-refractivity contribution in [1.29, 1.82) is 0 Å². The van der Waals surface area contributed by atoms with E-state index in [0.717, 1.165) is 12.1 Å². The number of aryl methyl sites for hydroxylation is 1. The summed E-state index contributed by atoms with van der Waals surface area (Å²) in [7, 11) is -3.41. The van der Waals surface area contributed by atoms with Crippen LogP contribution in [-0.4, -0.2) is 45.5 Å². The van der Waals surface area contributed by atoms with Crippen LogP contribution in [0.4, 0.5) is 11.4 Å². The highest BCUT2D eigenvalue weighted by atomic mass is 32.2. The second kappa shape index (κ2) is 9.35. The SMILES string of the molecule is CCOC(=O)CN(c1cc(C(=O)OC)ccc1C)S(=O)(=O)c1ccccc1[N+](=O)[O-]. The fourth-order valence-electron chi connectivity index (χ4n) is 2.69. The van der Waals surface area contributed by atoms with E-state index in [4.69, 9.17) is 4.74 Å². The van der Waals surface area contributed by atoms with Crippen LogP contribution in [0.15, 0.2) is 47.4 Å². The molecule has 2 rings (SSSR count). The van der Waals surface area contributed by atoms with Crippen LogP contribution in [0.3, 0.4) is 0 Å². The van der Waals surface area contributed by atoms with E-state index in [9.17, 15) is 28.1 Å². The van der Waals surface area contributed by atoms with Gasteiger partial charge >= 0.3 is 11.9 Å². The van der Waals surface area contributed by atoms with Crippen molar-refractivity contribution in [3.63, 3.8) is 0 Å². The van der Waals surface area contributed by atoms with Gasteiger partial charge in [-0.15, -0.1) is 0 Å². The Morgan fingerprint density at radius 2 is 1.83 bits per heavy atom. The van der Waals surface area contributed by atoms with Crippen LogP contribution >= 0.6 is 0 Å². The molecule has 0 aliphatic rings. The minimum absolute atomic E-state index is 0.0101. The van der Waals surface area contributed by atoms with Crippen LogP contribution in [0.25, 0.3) is 0 Å². The van der Waals surface area contributed by atoms with E-state index >= 15 is 0 Å². The van der Waals surface area contributed by atoms with Crippen molar-refractivity contribution in [3.8, 4) is 0 Å².